The molecule has 27 heavy (non-hydrogen) atoms. The first-order chi connectivity index (χ1) is 12.0. The summed E-state index contributed by atoms with van der Waals surface area (Å²) >= 11 is 0. The van der Waals surface area contributed by atoms with Crippen LogP contribution >= 0.6 is 24.8 Å². The number of anilines is 2. The Morgan fingerprint density at radius 2 is 1.70 bits per heavy atom. The van der Waals surface area contributed by atoms with Gasteiger partial charge in [0.05, 0.1) is 5.56 Å². The largest absolute Gasteiger partial charge is 0.382 e. The summed E-state index contributed by atoms with van der Waals surface area (Å²) in [4.78, 5) is 14.5. The number of amides is 1. The van der Waals surface area contributed by atoms with Crippen LogP contribution in [0.4, 0.5) is 20.2 Å². The molecule has 4 nitrogen and oxygen atoms in total. The van der Waals surface area contributed by atoms with Gasteiger partial charge in [0.15, 0.2) is 0 Å². The highest BCUT2D eigenvalue weighted by atomic mass is 35.5. The molecule has 148 valence electrons. The molecule has 1 saturated heterocycles. The molecule has 1 heterocycles. The number of nitrogens with zero attached hydrogens (tertiary/aromatic N) is 1. The summed E-state index contributed by atoms with van der Waals surface area (Å²) in [5.41, 5.74) is 1.12. The van der Waals surface area contributed by atoms with E-state index in [0.717, 1.165) is 49.8 Å². The van der Waals surface area contributed by atoms with Crippen LogP contribution in [0.1, 0.15) is 23.2 Å². The lowest BCUT2D eigenvalue weighted by atomic mass is 10.1. The van der Waals surface area contributed by atoms with Crippen molar-refractivity contribution in [2.24, 2.45) is 0 Å². The normalized spacial score (nSPS) is 14.6. The number of benzene rings is 2. The first-order valence-electron chi connectivity index (χ1n) is 8.33. The zero-order chi connectivity index (χ0) is 17.8. The monoisotopic (exact) mass is 417 g/mol. The summed E-state index contributed by atoms with van der Waals surface area (Å²) in [7, 11) is 2.11. The molecule has 0 spiro atoms. The first-order valence-corrected chi connectivity index (χ1v) is 8.33. The minimum Gasteiger partial charge on any atom is -0.382 e. The molecule has 2 N–H and O–H groups in total. The number of piperidine rings is 1. The van der Waals surface area contributed by atoms with Gasteiger partial charge in [-0.25, -0.2) is 8.78 Å². The lowest BCUT2D eigenvalue weighted by molar-refractivity contribution is 0.102. The van der Waals surface area contributed by atoms with Crippen molar-refractivity contribution in [3.05, 3.63) is 59.7 Å². The van der Waals surface area contributed by atoms with E-state index in [1.807, 2.05) is 12.1 Å². The molecule has 0 radical (unpaired) electrons. The number of hydrogen-bond acceptors (Lipinski definition) is 3. The van der Waals surface area contributed by atoms with Gasteiger partial charge in [0.1, 0.15) is 11.6 Å². The minimum atomic E-state index is -0.750. The molecule has 1 aliphatic heterocycles. The maximum Gasteiger partial charge on any atom is 0.258 e. The van der Waals surface area contributed by atoms with Crippen molar-refractivity contribution in [2.75, 3.05) is 30.8 Å². The Labute approximate surface area is 170 Å². The fraction of sp³-hybridized carbons (Fsp3) is 0.316. The molecule has 2 aromatic carbocycles. The lowest BCUT2D eigenvalue weighted by Crippen LogP contribution is -2.36. The van der Waals surface area contributed by atoms with E-state index in [0.29, 0.717) is 11.7 Å². The Kier molecular flexibility index (Phi) is 8.96. The van der Waals surface area contributed by atoms with Gasteiger partial charge in [-0.15, -0.1) is 24.8 Å². The van der Waals surface area contributed by atoms with Crippen molar-refractivity contribution < 1.29 is 13.6 Å². The molecule has 1 fully saturated rings. The molecular formula is C19H23Cl2F2N3O. The Balaban J connectivity index is 0.00000182. The van der Waals surface area contributed by atoms with Gasteiger partial charge >= 0.3 is 0 Å². The Morgan fingerprint density at radius 1 is 1.04 bits per heavy atom. The fourth-order valence-electron chi connectivity index (χ4n) is 2.95. The second kappa shape index (κ2) is 10.4. The summed E-state index contributed by atoms with van der Waals surface area (Å²) in [6.07, 6.45) is 2.11. The van der Waals surface area contributed by atoms with E-state index in [9.17, 15) is 13.6 Å². The predicted octanol–water partition coefficient (Wildman–Crippen LogP) is 4.57. The van der Waals surface area contributed by atoms with Crippen LogP contribution in [0.15, 0.2) is 42.5 Å². The summed E-state index contributed by atoms with van der Waals surface area (Å²) in [6.45, 7) is 2.10. The molecule has 8 heteroatoms. The van der Waals surface area contributed by atoms with Crippen LogP contribution in [0.3, 0.4) is 0 Å². The molecule has 0 atom stereocenters. The molecule has 1 aliphatic rings. The average molecular weight is 418 g/mol. The first kappa shape index (κ1) is 23.1. The van der Waals surface area contributed by atoms with E-state index in [1.165, 1.54) is 0 Å². The van der Waals surface area contributed by atoms with Crippen LogP contribution in [0.2, 0.25) is 0 Å². The topological polar surface area (TPSA) is 44.4 Å². The van der Waals surface area contributed by atoms with Gasteiger partial charge in [-0.1, -0.05) is 6.07 Å². The number of rotatable bonds is 4. The molecule has 0 saturated carbocycles. The van der Waals surface area contributed by atoms with Crippen LogP contribution in [-0.4, -0.2) is 37.0 Å². The van der Waals surface area contributed by atoms with Gasteiger partial charge in [-0.05, 0) is 69.4 Å². The van der Waals surface area contributed by atoms with E-state index < -0.39 is 17.5 Å². The van der Waals surface area contributed by atoms with Gasteiger partial charge in [-0.2, -0.15) is 0 Å². The molecule has 1 amide bonds. The molecular weight excluding hydrogens is 395 g/mol. The summed E-state index contributed by atoms with van der Waals surface area (Å²) < 4.78 is 26.9. The van der Waals surface area contributed by atoms with Gasteiger partial charge in [0.25, 0.3) is 5.91 Å². The summed E-state index contributed by atoms with van der Waals surface area (Å²) in [5.74, 6) is -2.07. The zero-order valence-corrected chi connectivity index (χ0v) is 16.5. The van der Waals surface area contributed by atoms with Gasteiger partial charge in [-0.3, -0.25) is 4.79 Å². The van der Waals surface area contributed by atoms with Crippen molar-refractivity contribution in [2.45, 2.75) is 18.9 Å². The molecule has 0 bridgehead atoms. The van der Waals surface area contributed by atoms with Crippen LogP contribution in [-0.2, 0) is 0 Å². The minimum absolute atomic E-state index is 0. The van der Waals surface area contributed by atoms with E-state index in [2.05, 4.69) is 22.6 Å². The van der Waals surface area contributed by atoms with E-state index in [1.54, 1.807) is 12.1 Å². The van der Waals surface area contributed by atoms with E-state index in [-0.39, 0.29) is 30.4 Å². The smallest absolute Gasteiger partial charge is 0.258 e. The third kappa shape index (κ3) is 6.34. The van der Waals surface area contributed by atoms with Crippen molar-refractivity contribution in [1.82, 2.24) is 4.90 Å². The SMILES string of the molecule is CN1CCC(Nc2cccc(NC(=O)c3cc(F)ccc3F)c2)CC1.Cl.Cl. The average Bonchev–Trinajstić information content (AvgIpc) is 2.59. The number of likely N-dealkylation sites (tertiary alicyclic amines) is 1. The number of carbonyl (C=O) groups excluding carboxylic acids is 1. The highest BCUT2D eigenvalue weighted by Crippen LogP contribution is 2.20. The van der Waals surface area contributed by atoms with Gasteiger partial charge < -0.3 is 15.5 Å². The second-order valence-electron chi connectivity index (χ2n) is 6.38. The maximum absolute atomic E-state index is 13.7. The van der Waals surface area contributed by atoms with Crippen molar-refractivity contribution >= 4 is 42.1 Å². The zero-order valence-electron chi connectivity index (χ0n) is 14.9. The molecule has 0 unspecified atom stereocenters. The second-order valence-corrected chi connectivity index (χ2v) is 6.38. The summed E-state index contributed by atoms with van der Waals surface area (Å²) in [6, 6.07) is 10.5. The fourth-order valence-corrected chi connectivity index (χ4v) is 2.95. The van der Waals surface area contributed by atoms with Gasteiger partial charge in [0, 0.05) is 17.4 Å². The van der Waals surface area contributed by atoms with Crippen molar-refractivity contribution in [1.29, 1.82) is 0 Å². The van der Waals surface area contributed by atoms with Crippen molar-refractivity contribution in [3.8, 4) is 0 Å². The van der Waals surface area contributed by atoms with E-state index in [4.69, 9.17) is 0 Å². The van der Waals surface area contributed by atoms with Crippen LogP contribution in [0.25, 0.3) is 0 Å². The van der Waals surface area contributed by atoms with Crippen molar-refractivity contribution in [3.63, 3.8) is 0 Å². The lowest BCUT2D eigenvalue weighted by Gasteiger charge is -2.30. The number of carbonyl (C=O) groups is 1. The Bertz CT molecular complexity index is 768. The number of hydrogen-bond donors (Lipinski definition) is 2. The van der Waals surface area contributed by atoms with Gasteiger partial charge in [0.2, 0.25) is 0 Å². The molecule has 0 aliphatic carbocycles. The molecule has 3 rings (SSSR count). The maximum atomic E-state index is 13.7. The van der Waals surface area contributed by atoms with Crippen LogP contribution in [0, 0.1) is 11.6 Å². The van der Waals surface area contributed by atoms with Crippen LogP contribution in [0.5, 0.6) is 0 Å². The molecule has 2 aromatic rings. The number of nitrogens with one attached hydrogen (secondary N) is 2. The standard InChI is InChI=1S/C19H21F2N3O.2ClH/c1-24-9-7-14(8-10-24)22-15-3-2-4-16(12-15)23-19(25)17-11-13(20)5-6-18(17)21;;/h2-6,11-12,14,22H,7-10H2,1H3,(H,23,25);2*1H. The highest BCUT2D eigenvalue weighted by Gasteiger charge is 2.17. The third-order valence-electron chi connectivity index (χ3n) is 4.38. The number of halogens is 4. The van der Waals surface area contributed by atoms with Crippen LogP contribution < -0.4 is 10.6 Å². The molecule has 0 aromatic heterocycles. The Morgan fingerprint density at radius 3 is 2.41 bits per heavy atom. The Hall–Kier alpha value is -1.89. The third-order valence-corrected chi connectivity index (χ3v) is 4.38. The summed E-state index contributed by atoms with van der Waals surface area (Å²) in [5, 5.41) is 6.08. The highest BCUT2D eigenvalue weighted by molar-refractivity contribution is 6.04. The predicted molar refractivity (Wildman–Crippen MR) is 109 cm³/mol. The van der Waals surface area contributed by atoms with E-state index >= 15 is 0 Å². The quantitative estimate of drug-likeness (QED) is 0.765.